The molecule has 1 aromatic heterocycles. The first-order valence-electron chi connectivity index (χ1n) is 10.3. The fraction of sp³-hybridized carbons (Fsp3) is 0.478. The summed E-state index contributed by atoms with van der Waals surface area (Å²) in [5.41, 5.74) is 1.17. The molecule has 0 spiro atoms. The normalized spacial score (nSPS) is 20.6. The topological polar surface area (TPSA) is 40.6 Å². The van der Waals surface area contributed by atoms with Gasteiger partial charge >= 0.3 is 0 Å². The van der Waals surface area contributed by atoms with Crippen LogP contribution in [0.4, 0.5) is 0 Å². The van der Waals surface area contributed by atoms with Crippen LogP contribution >= 0.6 is 11.3 Å². The Kier molecular flexibility index (Phi) is 5.81. The van der Waals surface area contributed by atoms with Crippen LogP contribution in [0.2, 0.25) is 0 Å². The van der Waals surface area contributed by atoms with Crippen LogP contribution < -0.4 is 0 Å². The van der Waals surface area contributed by atoms with Crippen molar-refractivity contribution >= 4 is 23.2 Å². The van der Waals surface area contributed by atoms with Gasteiger partial charge in [0.05, 0.1) is 10.8 Å². The zero-order valence-electron chi connectivity index (χ0n) is 16.4. The van der Waals surface area contributed by atoms with Crippen LogP contribution in [0.15, 0.2) is 47.8 Å². The number of rotatable bonds is 6. The quantitative estimate of drug-likeness (QED) is 0.725. The van der Waals surface area contributed by atoms with Gasteiger partial charge in [0, 0.05) is 25.7 Å². The lowest BCUT2D eigenvalue weighted by Gasteiger charge is -2.37. The van der Waals surface area contributed by atoms with E-state index in [2.05, 4.69) is 24.0 Å². The van der Waals surface area contributed by atoms with Gasteiger partial charge in [-0.1, -0.05) is 36.4 Å². The molecule has 2 atom stereocenters. The maximum absolute atomic E-state index is 13.5. The monoisotopic (exact) mass is 396 g/mol. The van der Waals surface area contributed by atoms with Gasteiger partial charge in [0.15, 0.2) is 0 Å². The molecule has 2 heterocycles. The first-order chi connectivity index (χ1) is 13.6. The molecule has 148 valence electrons. The van der Waals surface area contributed by atoms with E-state index < -0.39 is 0 Å². The average molecular weight is 397 g/mol. The van der Waals surface area contributed by atoms with Crippen molar-refractivity contribution in [3.8, 4) is 0 Å². The van der Waals surface area contributed by atoms with Gasteiger partial charge < -0.3 is 9.80 Å². The molecule has 0 N–H and O–H groups in total. The van der Waals surface area contributed by atoms with Gasteiger partial charge in [-0.3, -0.25) is 9.59 Å². The third kappa shape index (κ3) is 4.30. The summed E-state index contributed by atoms with van der Waals surface area (Å²) in [7, 11) is 0. The molecule has 1 aliphatic heterocycles. The number of nitrogens with zero attached hydrogens (tertiary/aromatic N) is 2. The van der Waals surface area contributed by atoms with Crippen molar-refractivity contribution < 1.29 is 9.59 Å². The first-order valence-corrected chi connectivity index (χ1v) is 11.2. The van der Waals surface area contributed by atoms with E-state index in [1.807, 2.05) is 40.6 Å². The van der Waals surface area contributed by atoms with E-state index in [4.69, 9.17) is 0 Å². The predicted molar refractivity (Wildman–Crippen MR) is 112 cm³/mol. The highest BCUT2D eigenvalue weighted by Crippen LogP contribution is 2.36. The van der Waals surface area contributed by atoms with Gasteiger partial charge in [-0.15, -0.1) is 11.3 Å². The molecule has 5 heteroatoms. The summed E-state index contributed by atoms with van der Waals surface area (Å²) in [6.07, 6.45) is 4.20. The number of carbonyl (C=O) groups is 2. The van der Waals surface area contributed by atoms with E-state index >= 15 is 0 Å². The third-order valence-corrected chi connectivity index (χ3v) is 6.92. The van der Waals surface area contributed by atoms with Crippen molar-refractivity contribution in [2.24, 2.45) is 11.8 Å². The molecule has 28 heavy (non-hydrogen) atoms. The van der Waals surface area contributed by atoms with Crippen LogP contribution in [-0.4, -0.2) is 40.7 Å². The Labute approximate surface area is 171 Å². The number of likely N-dealkylation sites (tertiary alicyclic amines) is 1. The van der Waals surface area contributed by atoms with E-state index in [1.54, 1.807) is 0 Å². The van der Waals surface area contributed by atoms with Crippen LogP contribution in [0.5, 0.6) is 0 Å². The van der Waals surface area contributed by atoms with Crippen LogP contribution in [-0.2, 0) is 11.3 Å². The first kappa shape index (κ1) is 19.2. The maximum atomic E-state index is 13.5. The van der Waals surface area contributed by atoms with E-state index in [9.17, 15) is 9.59 Å². The minimum Gasteiger partial charge on any atom is -0.337 e. The van der Waals surface area contributed by atoms with E-state index in [0.29, 0.717) is 19.0 Å². The standard InChI is InChI=1S/C23H28N2O2S/c1-17(19-11-12-19)25(15-18-7-3-2-4-8-18)22(26)20-9-5-13-24(16-20)23(27)21-10-6-14-28-21/h2-4,6-8,10,14,17,19-20H,5,9,11-13,15-16H2,1H3/t17-,20-/m1/s1. The van der Waals surface area contributed by atoms with Crippen molar-refractivity contribution in [2.45, 2.75) is 45.2 Å². The van der Waals surface area contributed by atoms with Crippen LogP contribution in [0.25, 0.3) is 0 Å². The molecular weight excluding hydrogens is 368 g/mol. The molecule has 2 aromatic rings. The molecule has 1 aromatic carbocycles. The summed E-state index contributed by atoms with van der Waals surface area (Å²) in [6, 6.07) is 14.3. The lowest BCUT2D eigenvalue weighted by atomic mass is 9.95. The zero-order chi connectivity index (χ0) is 19.5. The second-order valence-electron chi connectivity index (χ2n) is 8.10. The predicted octanol–water partition coefficient (Wildman–Crippen LogP) is 4.43. The maximum Gasteiger partial charge on any atom is 0.263 e. The molecule has 1 saturated carbocycles. The molecule has 0 radical (unpaired) electrons. The van der Waals surface area contributed by atoms with Gasteiger partial charge in [-0.05, 0) is 55.5 Å². The van der Waals surface area contributed by atoms with Gasteiger partial charge in [0.2, 0.25) is 5.91 Å². The summed E-state index contributed by atoms with van der Waals surface area (Å²) < 4.78 is 0. The summed E-state index contributed by atoms with van der Waals surface area (Å²) in [5.74, 6) is 0.812. The second kappa shape index (κ2) is 8.48. The number of hydrogen-bond acceptors (Lipinski definition) is 3. The molecule has 2 aliphatic rings. The lowest BCUT2D eigenvalue weighted by molar-refractivity contribution is -0.140. The van der Waals surface area contributed by atoms with Gasteiger partial charge in [-0.2, -0.15) is 0 Å². The number of carbonyl (C=O) groups excluding carboxylic acids is 2. The fourth-order valence-electron chi connectivity index (χ4n) is 4.19. The minimum atomic E-state index is -0.0948. The summed E-state index contributed by atoms with van der Waals surface area (Å²) in [5, 5.41) is 1.93. The third-order valence-electron chi connectivity index (χ3n) is 6.06. The number of thiophene rings is 1. The Balaban J connectivity index is 1.48. The Hall–Kier alpha value is -2.14. The molecule has 1 aliphatic carbocycles. The number of amides is 2. The van der Waals surface area contributed by atoms with Crippen molar-refractivity contribution in [1.29, 1.82) is 0 Å². The molecule has 2 fully saturated rings. The number of piperidine rings is 1. The Morgan fingerprint density at radius 2 is 1.93 bits per heavy atom. The molecule has 2 amide bonds. The largest absolute Gasteiger partial charge is 0.337 e. The van der Waals surface area contributed by atoms with E-state index in [0.717, 1.165) is 24.3 Å². The van der Waals surface area contributed by atoms with Gasteiger partial charge in [-0.25, -0.2) is 0 Å². The second-order valence-corrected chi connectivity index (χ2v) is 9.05. The van der Waals surface area contributed by atoms with E-state index in [1.165, 1.54) is 29.7 Å². The van der Waals surface area contributed by atoms with Crippen molar-refractivity contribution in [2.75, 3.05) is 13.1 Å². The zero-order valence-corrected chi connectivity index (χ0v) is 17.2. The smallest absolute Gasteiger partial charge is 0.263 e. The Morgan fingerprint density at radius 3 is 2.61 bits per heavy atom. The van der Waals surface area contributed by atoms with Crippen molar-refractivity contribution in [3.63, 3.8) is 0 Å². The highest BCUT2D eigenvalue weighted by molar-refractivity contribution is 7.12. The summed E-state index contributed by atoms with van der Waals surface area (Å²) in [4.78, 5) is 31.0. The molecule has 0 bridgehead atoms. The highest BCUT2D eigenvalue weighted by atomic mass is 32.1. The van der Waals surface area contributed by atoms with Crippen LogP contribution in [0.1, 0.15) is 47.8 Å². The fourth-order valence-corrected chi connectivity index (χ4v) is 4.88. The molecule has 1 saturated heterocycles. The number of hydrogen-bond donors (Lipinski definition) is 0. The van der Waals surface area contributed by atoms with Gasteiger partial charge in [0.25, 0.3) is 5.91 Å². The Bertz CT molecular complexity index is 801. The summed E-state index contributed by atoms with van der Waals surface area (Å²) in [6.45, 7) is 4.14. The molecular formula is C23H28N2O2S. The van der Waals surface area contributed by atoms with Crippen molar-refractivity contribution in [3.05, 3.63) is 58.3 Å². The lowest BCUT2D eigenvalue weighted by Crippen LogP contribution is -2.49. The Morgan fingerprint density at radius 1 is 1.14 bits per heavy atom. The molecule has 4 nitrogen and oxygen atoms in total. The highest BCUT2D eigenvalue weighted by Gasteiger charge is 2.38. The molecule has 0 unspecified atom stereocenters. The number of benzene rings is 1. The SMILES string of the molecule is C[C@H](C1CC1)N(Cc1ccccc1)C(=O)[C@@H]1CCCN(C(=O)c2cccs2)C1. The summed E-state index contributed by atoms with van der Waals surface area (Å²) >= 11 is 1.47. The van der Waals surface area contributed by atoms with E-state index in [-0.39, 0.29) is 23.8 Å². The molecule has 4 rings (SSSR count). The van der Waals surface area contributed by atoms with Crippen LogP contribution in [0, 0.1) is 11.8 Å². The van der Waals surface area contributed by atoms with Crippen molar-refractivity contribution in [1.82, 2.24) is 9.80 Å². The van der Waals surface area contributed by atoms with Crippen LogP contribution in [0.3, 0.4) is 0 Å². The minimum absolute atomic E-state index is 0.0670. The average Bonchev–Trinajstić information content (AvgIpc) is 3.45. The van der Waals surface area contributed by atoms with Gasteiger partial charge in [0.1, 0.15) is 0 Å².